The molecule has 0 saturated carbocycles. The number of hydrogen-bond acceptors (Lipinski definition) is 4. The van der Waals surface area contributed by atoms with E-state index in [2.05, 4.69) is 15.2 Å². The Hall–Kier alpha value is -2.28. The Kier molecular flexibility index (Phi) is 3.63. The molecule has 0 saturated heterocycles. The van der Waals surface area contributed by atoms with Crippen LogP contribution < -0.4 is 11.3 Å². The van der Waals surface area contributed by atoms with Crippen molar-refractivity contribution in [1.82, 2.24) is 20.6 Å². The van der Waals surface area contributed by atoms with Gasteiger partial charge in [-0.15, -0.1) is 0 Å². The first-order valence-electron chi connectivity index (χ1n) is 5.31. The predicted molar refractivity (Wildman–Crippen MR) is 61.6 cm³/mol. The van der Waals surface area contributed by atoms with Gasteiger partial charge in [-0.2, -0.15) is 5.10 Å². The molecule has 7 heteroatoms. The van der Waals surface area contributed by atoms with Gasteiger partial charge in [0.05, 0.1) is 6.42 Å². The van der Waals surface area contributed by atoms with Gasteiger partial charge in [0.1, 0.15) is 11.6 Å². The molecule has 0 aliphatic carbocycles. The van der Waals surface area contributed by atoms with Crippen LogP contribution in [0.2, 0.25) is 0 Å². The van der Waals surface area contributed by atoms with E-state index in [9.17, 15) is 9.18 Å². The first kappa shape index (κ1) is 12.2. The molecule has 1 heterocycles. The van der Waals surface area contributed by atoms with Crippen molar-refractivity contribution in [3.05, 3.63) is 47.3 Å². The third kappa shape index (κ3) is 3.11. The number of hydrazine groups is 1. The van der Waals surface area contributed by atoms with Crippen molar-refractivity contribution in [1.29, 1.82) is 0 Å². The van der Waals surface area contributed by atoms with E-state index in [0.29, 0.717) is 18.1 Å². The van der Waals surface area contributed by atoms with Crippen molar-refractivity contribution in [3.63, 3.8) is 0 Å². The predicted octanol–water partition coefficient (Wildman–Crippen LogP) is 0.0670. The molecule has 2 rings (SSSR count). The molecule has 1 aromatic carbocycles. The van der Waals surface area contributed by atoms with Crippen molar-refractivity contribution in [2.45, 2.75) is 12.8 Å². The molecule has 0 radical (unpaired) electrons. The molecular weight excluding hydrogens is 237 g/mol. The third-order valence-corrected chi connectivity index (χ3v) is 2.34. The van der Waals surface area contributed by atoms with Crippen molar-refractivity contribution in [3.8, 4) is 0 Å². The Bertz CT molecular complexity index is 537. The van der Waals surface area contributed by atoms with Gasteiger partial charge in [0.25, 0.3) is 0 Å². The first-order chi connectivity index (χ1) is 8.67. The molecule has 0 unspecified atom stereocenters. The van der Waals surface area contributed by atoms with Crippen LogP contribution in [0.4, 0.5) is 4.39 Å². The molecule has 0 bridgehead atoms. The van der Waals surface area contributed by atoms with Crippen LogP contribution in [-0.4, -0.2) is 21.1 Å². The molecule has 0 atom stereocenters. The van der Waals surface area contributed by atoms with Crippen LogP contribution >= 0.6 is 0 Å². The van der Waals surface area contributed by atoms with Crippen molar-refractivity contribution >= 4 is 5.91 Å². The fraction of sp³-hybridized carbons (Fsp3) is 0.182. The summed E-state index contributed by atoms with van der Waals surface area (Å²) in [4.78, 5) is 15.2. The van der Waals surface area contributed by atoms with Crippen LogP contribution in [0, 0.1) is 5.82 Å². The second kappa shape index (κ2) is 5.37. The first-order valence-corrected chi connectivity index (χ1v) is 5.31. The zero-order chi connectivity index (χ0) is 13.0. The minimum Gasteiger partial charge on any atom is -0.294 e. The van der Waals surface area contributed by atoms with E-state index in [1.807, 2.05) is 5.43 Å². The SMILES string of the molecule is NNC(=O)Cc1n[nH]c(Cc2ccc(F)cc2)n1. The van der Waals surface area contributed by atoms with Gasteiger partial charge in [0.15, 0.2) is 5.82 Å². The summed E-state index contributed by atoms with van der Waals surface area (Å²) in [5.41, 5.74) is 2.91. The van der Waals surface area contributed by atoms with Crippen LogP contribution in [0.25, 0.3) is 0 Å². The molecule has 0 fully saturated rings. The summed E-state index contributed by atoms with van der Waals surface area (Å²) >= 11 is 0. The molecule has 0 aliphatic heterocycles. The summed E-state index contributed by atoms with van der Waals surface area (Å²) in [7, 11) is 0. The maximum Gasteiger partial charge on any atom is 0.241 e. The molecule has 0 spiro atoms. The maximum atomic E-state index is 12.7. The van der Waals surface area contributed by atoms with Gasteiger partial charge in [-0.05, 0) is 17.7 Å². The van der Waals surface area contributed by atoms with Gasteiger partial charge >= 0.3 is 0 Å². The van der Waals surface area contributed by atoms with E-state index in [4.69, 9.17) is 5.84 Å². The van der Waals surface area contributed by atoms with Gasteiger partial charge in [0, 0.05) is 6.42 Å². The van der Waals surface area contributed by atoms with Crippen molar-refractivity contribution in [2.24, 2.45) is 5.84 Å². The monoisotopic (exact) mass is 249 g/mol. The number of nitrogens with one attached hydrogen (secondary N) is 2. The molecule has 6 nitrogen and oxygen atoms in total. The Morgan fingerprint density at radius 2 is 2.11 bits per heavy atom. The smallest absolute Gasteiger partial charge is 0.241 e. The average Bonchev–Trinajstić information content (AvgIpc) is 2.79. The maximum absolute atomic E-state index is 12.7. The number of aromatic nitrogens is 3. The largest absolute Gasteiger partial charge is 0.294 e. The summed E-state index contributed by atoms with van der Waals surface area (Å²) in [6, 6.07) is 6.11. The lowest BCUT2D eigenvalue weighted by atomic mass is 10.1. The number of nitrogens with zero attached hydrogens (tertiary/aromatic N) is 2. The van der Waals surface area contributed by atoms with Crippen LogP contribution in [-0.2, 0) is 17.6 Å². The van der Waals surface area contributed by atoms with E-state index in [1.54, 1.807) is 12.1 Å². The summed E-state index contributed by atoms with van der Waals surface area (Å²) in [5.74, 6) is 5.31. The number of hydrogen-bond donors (Lipinski definition) is 3. The molecule has 94 valence electrons. The Balaban J connectivity index is 2.02. The molecule has 4 N–H and O–H groups in total. The summed E-state index contributed by atoms with van der Waals surface area (Å²) in [5, 5.41) is 6.61. The number of aromatic amines is 1. The number of H-pyrrole nitrogens is 1. The Morgan fingerprint density at radius 1 is 1.39 bits per heavy atom. The third-order valence-electron chi connectivity index (χ3n) is 2.34. The van der Waals surface area contributed by atoms with Crippen LogP contribution in [0.15, 0.2) is 24.3 Å². The quantitative estimate of drug-likeness (QED) is 0.406. The highest BCUT2D eigenvalue weighted by Crippen LogP contribution is 2.07. The van der Waals surface area contributed by atoms with E-state index in [0.717, 1.165) is 5.56 Å². The van der Waals surface area contributed by atoms with Crippen molar-refractivity contribution < 1.29 is 9.18 Å². The standard InChI is InChI=1S/C11H12FN5O/c12-8-3-1-7(2-4-8)5-9-14-10(17-16-9)6-11(18)15-13/h1-4H,5-6,13H2,(H,15,18)(H,14,16,17). The number of amides is 1. The molecule has 1 amide bonds. The summed E-state index contributed by atoms with van der Waals surface area (Å²) in [6.45, 7) is 0. The lowest BCUT2D eigenvalue weighted by Gasteiger charge is -1.97. The van der Waals surface area contributed by atoms with Crippen LogP contribution in [0.3, 0.4) is 0 Å². The molecular formula is C11H12FN5O. The second-order valence-corrected chi connectivity index (χ2v) is 3.75. The van der Waals surface area contributed by atoms with E-state index in [1.165, 1.54) is 12.1 Å². The molecule has 18 heavy (non-hydrogen) atoms. The van der Waals surface area contributed by atoms with Gasteiger partial charge < -0.3 is 0 Å². The number of carbonyl (C=O) groups is 1. The van der Waals surface area contributed by atoms with Crippen molar-refractivity contribution in [2.75, 3.05) is 0 Å². The van der Waals surface area contributed by atoms with E-state index < -0.39 is 0 Å². The van der Waals surface area contributed by atoms with E-state index >= 15 is 0 Å². The van der Waals surface area contributed by atoms with Gasteiger partial charge in [-0.3, -0.25) is 15.3 Å². The number of carbonyl (C=O) groups excluding carboxylic acids is 1. The average molecular weight is 249 g/mol. The lowest BCUT2D eigenvalue weighted by Crippen LogP contribution is -2.31. The minimum atomic E-state index is -0.359. The molecule has 1 aromatic heterocycles. The highest BCUT2D eigenvalue weighted by Gasteiger charge is 2.08. The summed E-state index contributed by atoms with van der Waals surface area (Å²) in [6.07, 6.45) is 0.522. The lowest BCUT2D eigenvalue weighted by molar-refractivity contribution is -0.120. The molecule has 2 aromatic rings. The Morgan fingerprint density at radius 3 is 2.78 bits per heavy atom. The Labute approximate surface area is 102 Å². The van der Waals surface area contributed by atoms with Gasteiger partial charge in [-0.1, -0.05) is 12.1 Å². The highest BCUT2D eigenvalue weighted by molar-refractivity contribution is 5.76. The minimum absolute atomic E-state index is 0.0242. The zero-order valence-corrected chi connectivity index (χ0v) is 9.48. The fourth-order valence-electron chi connectivity index (χ4n) is 1.48. The fourth-order valence-corrected chi connectivity index (χ4v) is 1.48. The number of benzene rings is 1. The topological polar surface area (TPSA) is 96.7 Å². The van der Waals surface area contributed by atoms with Crippen LogP contribution in [0.5, 0.6) is 0 Å². The second-order valence-electron chi connectivity index (χ2n) is 3.75. The number of nitrogens with two attached hydrogens (primary N) is 1. The normalized spacial score (nSPS) is 10.3. The van der Waals surface area contributed by atoms with E-state index in [-0.39, 0.29) is 18.1 Å². The molecule has 0 aliphatic rings. The zero-order valence-electron chi connectivity index (χ0n) is 9.48. The van der Waals surface area contributed by atoms with Crippen LogP contribution in [0.1, 0.15) is 17.2 Å². The number of halogens is 1. The van der Waals surface area contributed by atoms with Gasteiger partial charge in [0.2, 0.25) is 5.91 Å². The summed E-state index contributed by atoms with van der Waals surface area (Å²) < 4.78 is 12.7. The number of rotatable bonds is 4. The highest BCUT2D eigenvalue weighted by atomic mass is 19.1. The van der Waals surface area contributed by atoms with Gasteiger partial charge in [-0.25, -0.2) is 15.2 Å².